The van der Waals surface area contributed by atoms with E-state index in [2.05, 4.69) is 25.7 Å². The van der Waals surface area contributed by atoms with E-state index in [1.54, 1.807) is 0 Å². The number of nitrogens with zero attached hydrogens (tertiary/aromatic N) is 1. The van der Waals surface area contributed by atoms with Crippen molar-refractivity contribution in [1.82, 2.24) is 4.98 Å². The Morgan fingerprint density at radius 3 is 2.42 bits per heavy atom. The Balaban J connectivity index is 3.45. The Morgan fingerprint density at radius 1 is 1.47 bits per heavy atom. The topological polar surface area (TPSA) is 59.4 Å². The third-order valence-electron chi connectivity index (χ3n) is 1.96. The number of aromatic carboxylic acids is 1. The number of carboxylic acids is 1. The van der Waals surface area contributed by atoms with Gasteiger partial charge in [0.2, 0.25) is 0 Å². The summed E-state index contributed by atoms with van der Waals surface area (Å²) in [6.07, 6.45) is -7.90. The van der Waals surface area contributed by atoms with Crippen molar-refractivity contribution in [2.75, 3.05) is 0 Å². The number of halogens is 6. The van der Waals surface area contributed by atoms with Crippen LogP contribution in [0.4, 0.5) is 22.0 Å². The van der Waals surface area contributed by atoms with E-state index in [1.165, 1.54) is 0 Å². The molecule has 0 fully saturated rings. The third-order valence-corrected chi connectivity index (χ3v) is 2.52. The van der Waals surface area contributed by atoms with Gasteiger partial charge in [0.15, 0.2) is 5.75 Å². The molecule has 4 nitrogen and oxygen atoms in total. The second kappa shape index (κ2) is 5.68. The lowest BCUT2D eigenvalue weighted by Gasteiger charge is -2.15. The molecule has 0 spiro atoms. The molecule has 0 atom stereocenters. The molecule has 1 N–H and O–H groups in total. The molecule has 1 aromatic rings. The summed E-state index contributed by atoms with van der Waals surface area (Å²) >= 11 is 2.73. The van der Waals surface area contributed by atoms with Gasteiger partial charge in [-0.2, -0.15) is 0 Å². The van der Waals surface area contributed by atoms with E-state index in [9.17, 15) is 26.7 Å². The van der Waals surface area contributed by atoms with Crippen molar-refractivity contribution >= 4 is 21.9 Å². The molecule has 0 unspecified atom stereocenters. The van der Waals surface area contributed by atoms with E-state index >= 15 is 0 Å². The first-order valence-electron chi connectivity index (χ1n) is 4.52. The summed E-state index contributed by atoms with van der Waals surface area (Å²) in [6, 6.07) is 0. The highest BCUT2D eigenvalue weighted by molar-refractivity contribution is 9.08. The second-order valence-corrected chi connectivity index (χ2v) is 3.71. The largest absolute Gasteiger partial charge is 0.573 e. The maximum atomic E-state index is 12.6. The molecule has 0 aliphatic heterocycles. The van der Waals surface area contributed by atoms with E-state index in [0.29, 0.717) is 6.20 Å². The van der Waals surface area contributed by atoms with Crippen LogP contribution in [-0.4, -0.2) is 22.4 Å². The van der Waals surface area contributed by atoms with E-state index in [1.807, 2.05) is 0 Å². The van der Waals surface area contributed by atoms with Gasteiger partial charge in [0.05, 0.1) is 11.8 Å². The lowest BCUT2D eigenvalue weighted by Crippen LogP contribution is -2.20. The molecule has 0 aromatic carbocycles. The van der Waals surface area contributed by atoms with Crippen LogP contribution in [-0.2, 0) is 5.33 Å². The van der Waals surface area contributed by atoms with E-state index < -0.39 is 46.7 Å². The summed E-state index contributed by atoms with van der Waals surface area (Å²) in [7, 11) is 0. The van der Waals surface area contributed by atoms with Gasteiger partial charge in [-0.1, -0.05) is 15.9 Å². The van der Waals surface area contributed by atoms with Crippen molar-refractivity contribution in [2.45, 2.75) is 18.1 Å². The summed E-state index contributed by atoms with van der Waals surface area (Å²) in [5.41, 5.74) is -2.68. The fourth-order valence-corrected chi connectivity index (χ4v) is 1.85. The van der Waals surface area contributed by atoms with E-state index in [-0.39, 0.29) is 0 Å². The molecule has 0 radical (unpaired) electrons. The average molecular weight is 350 g/mol. The van der Waals surface area contributed by atoms with Crippen molar-refractivity contribution in [1.29, 1.82) is 0 Å². The van der Waals surface area contributed by atoms with Crippen LogP contribution < -0.4 is 4.74 Å². The zero-order chi connectivity index (χ0) is 14.8. The molecular weight excluding hydrogens is 345 g/mol. The zero-order valence-corrected chi connectivity index (χ0v) is 10.4. The van der Waals surface area contributed by atoms with Crippen molar-refractivity contribution in [3.63, 3.8) is 0 Å². The van der Waals surface area contributed by atoms with Crippen LogP contribution >= 0.6 is 15.9 Å². The number of ether oxygens (including phenoxy) is 1. The number of alkyl halides is 6. The van der Waals surface area contributed by atoms with Crippen LogP contribution in [0.1, 0.15) is 28.0 Å². The van der Waals surface area contributed by atoms with Gasteiger partial charge in [-0.15, -0.1) is 13.2 Å². The molecule has 0 amide bonds. The van der Waals surface area contributed by atoms with Crippen LogP contribution in [0, 0.1) is 0 Å². The summed E-state index contributed by atoms with van der Waals surface area (Å²) < 4.78 is 65.0. The van der Waals surface area contributed by atoms with Crippen LogP contribution in [0.3, 0.4) is 0 Å². The Labute approximate surface area is 111 Å². The van der Waals surface area contributed by atoms with Gasteiger partial charge in [-0.25, -0.2) is 13.6 Å². The Hall–Kier alpha value is -1.45. The molecular formula is C9H5BrF5NO3. The molecule has 19 heavy (non-hydrogen) atoms. The van der Waals surface area contributed by atoms with E-state index in [0.717, 1.165) is 0 Å². The number of rotatable bonds is 4. The van der Waals surface area contributed by atoms with Gasteiger partial charge in [-0.05, 0) is 0 Å². The molecule has 0 saturated carbocycles. The minimum Gasteiger partial charge on any atom is -0.478 e. The second-order valence-electron chi connectivity index (χ2n) is 3.15. The van der Waals surface area contributed by atoms with Gasteiger partial charge in [0.25, 0.3) is 6.43 Å². The Bertz CT molecular complexity index is 491. The SMILES string of the molecule is O=C(O)c1c(C(F)F)ncc(OC(F)(F)F)c1CBr. The van der Waals surface area contributed by atoms with Crippen LogP contribution in [0.15, 0.2) is 6.20 Å². The first-order valence-corrected chi connectivity index (χ1v) is 5.64. The molecule has 0 aliphatic rings. The van der Waals surface area contributed by atoms with Crippen LogP contribution in [0.2, 0.25) is 0 Å². The van der Waals surface area contributed by atoms with Gasteiger partial charge in [-0.3, -0.25) is 4.98 Å². The number of hydrogen-bond acceptors (Lipinski definition) is 3. The average Bonchev–Trinajstić information content (AvgIpc) is 2.25. The third kappa shape index (κ3) is 3.75. The Kier molecular flexibility index (Phi) is 4.66. The highest BCUT2D eigenvalue weighted by Crippen LogP contribution is 2.33. The normalized spacial score (nSPS) is 11.7. The van der Waals surface area contributed by atoms with Gasteiger partial charge >= 0.3 is 12.3 Å². The first kappa shape index (κ1) is 15.6. The predicted octanol–water partition coefficient (Wildman–Crippen LogP) is 3.51. The summed E-state index contributed by atoms with van der Waals surface area (Å²) in [6.45, 7) is 0. The number of carbonyl (C=O) groups is 1. The fourth-order valence-electron chi connectivity index (χ4n) is 1.30. The molecule has 0 aliphatic carbocycles. The maximum absolute atomic E-state index is 12.6. The van der Waals surface area contributed by atoms with Gasteiger partial charge in [0, 0.05) is 10.9 Å². The van der Waals surface area contributed by atoms with Crippen molar-refractivity contribution in [3.8, 4) is 5.75 Å². The molecule has 10 heteroatoms. The lowest BCUT2D eigenvalue weighted by molar-refractivity contribution is -0.275. The monoisotopic (exact) mass is 349 g/mol. The minimum absolute atomic E-state index is 0.414. The highest BCUT2D eigenvalue weighted by Gasteiger charge is 2.34. The highest BCUT2D eigenvalue weighted by atomic mass is 79.9. The molecule has 106 valence electrons. The lowest BCUT2D eigenvalue weighted by atomic mass is 10.1. The van der Waals surface area contributed by atoms with Crippen LogP contribution in [0.5, 0.6) is 5.75 Å². The molecule has 0 saturated heterocycles. The molecule has 1 heterocycles. The van der Waals surface area contributed by atoms with Crippen molar-refractivity contribution < 1.29 is 36.6 Å². The van der Waals surface area contributed by atoms with E-state index in [4.69, 9.17) is 5.11 Å². The van der Waals surface area contributed by atoms with Gasteiger partial charge < -0.3 is 9.84 Å². The fraction of sp³-hybridized carbons (Fsp3) is 0.333. The number of pyridine rings is 1. The van der Waals surface area contributed by atoms with Crippen molar-refractivity contribution in [2.24, 2.45) is 0 Å². The molecule has 0 bridgehead atoms. The quantitative estimate of drug-likeness (QED) is 0.667. The maximum Gasteiger partial charge on any atom is 0.573 e. The minimum atomic E-state index is -5.08. The summed E-state index contributed by atoms with van der Waals surface area (Å²) in [5, 5.41) is 8.40. The predicted molar refractivity (Wildman–Crippen MR) is 55.5 cm³/mol. The number of hydrogen-bond donors (Lipinski definition) is 1. The zero-order valence-electron chi connectivity index (χ0n) is 8.84. The number of carboxylic acid groups (broad SMARTS) is 1. The molecule has 1 aromatic heterocycles. The van der Waals surface area contributed by atoms with Crippen LogP contribution in [0.25, 0.3) is 0 Å². The molecule has 1 rings (SSSR count). The number of aromatic nitrogens is 1. The smallest absolute Gasteiger partial charge is 0.478 e. The first-order chi connectivity index (χ1) is 8.67. The standard InChI is InChI=1S/C9H5BrF5NO3/c10-1-3-4(19-9(13,14)15)2-16-6(7(11)12)5(3)8(17)18/h2,7H,1H2,(H,17,18). The summed E-state index contributed by atoms with van der Waals surface area (Å²) in [5.74, 6) is -2.75. The summed E-state index contributed by atoms with van der Waals surface area (Å²) in [4.78, 5) is 13.9. The Morgan fingerprint density at radius 2 is 2.05 bits per heavy atom. The van der Waals surface area contributed by atoms with Crippen molar-refractivity contribution in [3.05, 3.63) is 23.0 Å². The van der Waals surface area contributed by atoms with Gasteiger partial charge in [0.1, 0.15) is 5.69 Å².